The average Bonchev–Trinajstić information content (AvgIpc) is 2.71. The van der Waals surface area contributed by atoms with Gasteiger partial charge in [0.25, 0.3) is 0 Å². The molecule has 1 fully saturated rings. The van der Waals surface area contributed by atoms with E-state index in [1.165, 1.54) is 11.6 Å². The van der Waals surface area contributed by atoms with Crippen LogP contribution in [0.15, 0.2) is 54.6 Å². The van der Waals surface area contributed by atoms with Crippen LogP contribution in [-0.2, 0) is 6.54 Å². The minimum Gasteiger partial charge on any atom is -0.338 e. The number of nitrogens with one attached hydrogen (secondary N) is 2. The summed E-state index contributed by atoms with van der Waals surface area (Å²) in [5.41, 5.74) is 1.57. The van der Waals surface area contributed by atoms with Crippen LogP contribution in [0.2, 0.25) is 0 Å². The second-order valence-corrected chi connectivity index (χ2v) is 7.17. The Morgan fingerprint density at radius 2 is 1.57 bits per heavy atom. The highest BCUT2D eigenvalue weighted by atomic mass is 19.1. The number of para-hydroxylation sites is 1. The third kappa shape index (κ3) is 6.62. The first-order valence-corrected chi connectivity index (χ1v) is 9.99. The zero-order valence-electron chi connectivity index (χ0n) is 16.2. The van der Waals surface area contributed by atoms with E-state index in [-0.39, 0.29) is 11.7 Å². The highest BCUT2D eigenvalue weighted by molar-refractivity contribution is 5.89. The van der Waals surface area contributed by atoms with Crippen molar-refractivity contribution in [2.45, 2.75) is 19.4 Å². The Morgan fingerprint density at radius 1 is 0.893 bits per heavy atom. The van der Waals surface area contributed by atoms with Gasteiger partial charge in [-0.3, -0.25) is 4.90 Å². The molecule has 2 aromatic rings. The van der Waals surface area contributed by atoms with Gasteiger partial charge in [0.1, 0.15) is 5.82 Å². The Morgan fingerprint density at radius 3 is 2.32 bits per heavy atom. The summed E-state index contributed by atoms with van der Waals surface area (Å²) in [5, 5.41) is 5.32. The van der Waals surface area contributed by atoms with Crippen LogP contribution in [0.25, 0.3) is 0 Å². The van der Waals surface area contributed by atoms with E-state index in [9.17, 15) is 9.18 Å². The van der Waals surface area contributed by atoms with Crippen LogP contribution in [0.4, 0.5) is 14.9 Å². The lowest BCUT2D eigenvalue weighted by molar-refractivity contribution is 0.125. The van der Waals surface area contributed by atoms with Crippen LogP contribution in [0.3, 0.4) is 0 Å². The Balaban J connectivity index is 1.24. The van der Waals surface area contributed by atoms with E-state index >= 15 is 0 Å². The normalized spacial score (nSPS) is 15.3. The summed E-state index contributed by atoms with van der Waals surface area (Å²) >= 11 is 0. The van der Waals surface area contributed by atoms with Crippen LogP contribution < -0.4 is 10.6 Å². The number of unbranched alkanes of at least 4 members (excludes halogenated alkanes) is 1. The van der Waals surface area contributed by atoms with Crippen molar-refractivity contribution in [1.29, 1.82) is 0 Å². The Bertz CT molecular complexity index is 732. The summed E-state index contributed by atoms with van der Waals surface area (Å²) in [6.45, 7) is 7.04. The first-order valence-electron chi connectivity index (χ1n) is 9.99. The number of urea groups is 1. The molecule has 0 radical (unpaired) electrons. The van der Waals surface area contributed by atoms with E-state index in [4.69, 9.17) is 0 Å². The molecule has 0 bridgehead atoms. The third-order valence-electron chi connectivity index (χ3n) is 5.02. The van der Waals surface area contributed by atoms with Crippen LogP contribution in [0, 0.1) is 5.82 Å². The molecular weight excluding hydrogens is 355 g/mol. The zero-order valence-corrected chi connectivity index (χ0v) is 16.2. The van der Waals surface area contributed by atoms with Gasteiger partial charge in [-0.1, -0.05) is 42.5 Å². The first-order chi connectivity index (χ1) is 13.7. The van der Waals surface area contributed by atoms with Crippen molar-refractivity contribution >= 4 is 11.7 Å². The van der Waals surface area contributed by atoms with E-state index in [2.05, 4.69) is 50.8 Å². The van der Waals surface area contributed by atoms with Gasteiger partial charge in [0.05, 0.1) is 5.69 Å². The average molecular weight is 384 g/mol. The van der Waals surface area contributed by atoms with Gasteiger partial charge in [0.2, 0.25) is 0 Å². The van der Waals surface area contributed by atoms with Crippen molar-refractivity contribution in [2.75, 3.05) is 44.6 Å². The van der Waals surface area contributed by atoms with Crippen LogP contribution in [-0.4, -0.2) is 55.1 Å². The molecule has 5 nitrogen and oxygen atoms in total. The zero-order chi connectivity index (χ0) is 19.6. The van der Waals surface area contributed by atoms with Crippen molar-refractivity contribution in [3.05, 3.63) is 66.0 Å². The Hall–Kier alpha value is -2.44. The second kappa shape index (κ2) is 10.8. The molecule has 3 rings (SSSR count). The molecule has 0 spiro atoms. The summed E-state index contributed by atoms with van der Waals surface area (Å²) in [6, 6.07) is 16.4. The Kier molecular flexibility index (Phi) is 7.82. The highest BCUT2D eigenvalue weighted by Gasteiger charge is 2.16. The number of rotatable bonds is 8. The van der Waals surface area contributed by atoms with Gasteiger partial charge in [-0.15, -0.1) is 0 Å². The molecule has 28 heavy (non-hydrogen) atoms. The molecule has 2 N–H and O–H groups in total. The number of amides is 2. The highest BCUT2D eigenvalue weighted by Crippen LogP contribution is 2.12. The molecule has 2 amide bonds. The molecule has 0 unspecified atom stereocenters. The molecule has 6 heteroatoms. The summed E-state index contributed by atoms with van der Waals surface area (Å²) in [5.74, 6) is -0.427. The van der Waals surface area contributed by atoms with Crippen molar-refractivity contribution in [3.63, 3.8) is 0 Å². The molecule has 1 saturated heterocycles. The van der Waals surface area contributed by atoms with Gasteiger partial charge in [0.15, 0.2) is 0 Å². The third-order valence-corrected chi connectivity index (χ3v) is 5.02. The molecule has 1 aliphatic heterocycles. The predicted octanol–water partition coefficient (Wildman–Crippen LogP) is 3.55. The Labute approximate surface area is 166 Å². The van der Waals surface area contributed by atoms with Gasteiger partial charge >= 0.3 is 6.03 Å². The maximum atomic E-state index is 13.5. The summed E-state index contributed by atoms with van der Waals surface area (Å²) in [7, 11) is 0. The fourth-order valence-corrected chi connectivity index (χ4v) is 3.40. The van der Waals surface area contributed by atoms with Gasteiger partial charge in [0, 0.05) is 39.3 Å². The van der Waals surface area contributed by atoms with Crippen molar-refractivity contribution in [1.82, 2.24) is 15.1 Å². The van der Waals surface area contributed by atoms with Crippen LogP contribution in [0.1, 0.15) is 18.4 Å². The molecule has 1 heterocycles. The van der Waals surface area contributed by atoms with Crippen molar-refractivity contribution in [2.24, 2.45) is 0 Å². The van der Waals surface area contributed by atoms with Gasteiger partial charge in [-0.2, -0.15) is 0 Å². The number of nitrogens with zero attached hydrogens (tertiary/aromatic N) is 2. The fraction of sp³-hybridized carbons (Fsp3) is 0.409. The SMILES string of the molecule is O=C(NCCCCN1CCN(Cc2ccccc2)CC1)Nc1ccccc1F. The summed E-state index contributed by atoms with van der Waals surface area (Å²) in [4.78, 5) is 16.8. The molecule has 0 aliphatic carbocycles. The largest absolute Gasteiger partial charge is 0.338 e. The van der Waals surface area contributed by atoms with E-state index < -0.39 is 5.82 Å². The number of hydrogen-bond acceptors (Lipinski definition) is 3. The van der Waals surface area contributed by atoms with Gasteiger partial charge < -0.3 is 15.5 Å². The van der Waals surface area contributed by atoms with Crippen molar-refractivity contribution < 1.29 is 9.18 Å². The van der Waals surface area contributed by atoms with Crippen LogP contribution in [0.5, 0.6) is 0 Å². The van der Waals surface area contributed by atoms with Crippen molar-refractivity contribution in [3.8, 4) is 0 Å². The molecule has 1 aliphatic rings. The van der Waals surface area contributed by atoms with Gasteiger partial charge in [-0.05, 0) is 37.1 Å². The molecule has 0 atom stereocenters. The van der Waals surface area contributed by atoms with E-state index in [0.29, 0.717) is 6.54 Å². The summed E-state index contributed by atoms with van der Waals surface area (Å²) in [6.07, 6.45) is 1.95. The maximum absolute atomic E-state index is 13.5. The molecular formula is C22H29FN4O. The molecule has 150 valence electrons. The fourth-order valence-electron chi connectivity index (χ4n) is 3.40. The minimum atomic E-state index is -0.427. The second-order valence-electron chi connectivity index (χ2n) is 7.17. The number of benzene rings is 2. The minimum absolute atomic E-state index is 0.202. The number of carbonyl (C=O) groups excluding carboxylic acids is 1. The van der Waals surface area contributed by atoms with E-state index in [1.54, 1.807) is 18.2 Å². The van der Waals surface area contributed by atoms with E-state index in [1.807, 2.05) is 0 Å². The lowest BCUT2D eigenvalue weighted by atomic mass is 10.2. The van der Waals surface area contributed by atoms with E-state index in [0.717, 1.165) is 52.1 Å². The molecule has 0 aromatic heterocycles. The standard InChI is InChI=1S/C22H29FN4O/c23-20-10-4-5-11-21(20)25-22(28)24-12-6-7-13-26-14-16-27(17-15-26)18-19-8-2-1-3-9-19/h1-5,8-11H,6-7,12-18H2,(H2,24,25,28). The smallest absolute Gasteiger partial charge is 0.319 e. The monoisotopic (exact) mass is 384 g/mol. The number of hydrogen-bond donors (Lipinski definition) is 2. The number of piperazine rings is 1. The van der Waals surface area contributed by atoms with Crippen LogP contribution >= 0.6 is 0 Å². The number of anilines is 1. The topological polar surface area (TPSA) is 47.6 Å². The first kappa shape index (κ1) is 20.3. The maximum Gasteiger partial charge on any atom is 0.319 e. The lowest BCUT2D eigenvalue weighted by Gasteiger charge is -2.34. The predicted molar refractivity (Wildman–Crippen MR) is 111 cm³/mol. The van der Waals surface area contributed by atoms with Gasteiger partial charge in [-0.25, -0.2) is 9.18 Å². The lowest BCUT2D eigenvalue weighted by Crippen LogP contribution is -2.46. The number of halogens is 1. The quantitative estimate of drug-likeness (QED) is 0.685. The number of carbonyl (C=O) groups is 1. The molecule has 2 aromatic carbocycles. The summed E-state index contributed by atoms with van der Waals surface area (Å²) < 4.78 is 13.5. The molecule has 0 saturated carbocycles.